The average Bonchev–Trinajstić information content (AvgIpc) is 2.60. The number of hydrogen-bond donors (Lipinski definition) is 1. The zero-order chi connectivity index (χ0) is 16.8. The molecular weight excluding hydrogens is 300 g/mol. The summed E-state index contributed by atoms with van der Waals surface area (Å²) in [6.07, 6.45) is 1.76. The van der Waals surface area contributed by atoms with Crippen molar-refractivity contribution in [3.05, 3.63) is 60.3 Å². The quantitative estimate of drug-likeness (QED) is 0.724. The smallest absolute Gasteiger partial charge is 0.145 e. The fourth-order valence-corrected chi connectivity index (χ4v) is 2.28. The Morgan fingerprint density at radius 1 is 1.00 bits per heavy atom. The maximum atomic E-state index is 5.70. The topological polar surface area (TPSA) is 50.3 Å². The summed E-state index contributed by atoms with van der Waals surface area (Å²) >= 11 is 0. The lowest BCUT2D eigenvalue weighted by Gasteiger charge is -2.11. The Morgan fingerprint density at radius 2 is 1.75 bits per heavy atom. The van der Waals surface area contributed by atoms with Crippen LogP contribution in [0.15, 0.2) is 54.7 Å². The predicted octanol–water partition coefficient (Wildman–Crippen LogP) is 3.18. The van der Waals surface area contributed by atoms with Crippen molar-refractivity contribution in [2.75, 3.05) is 32.6 Å². The van der Waals surface area contributed by atoms with Crippen LogP contribution < -0.4 is 10.1 Å². The molecule has 0 radical (unpaired) electrons. The lowest BCUT2D eigenvalue weighted by molar-refractivity contribution is 0.261. The summed E-state index contributed by atoms with van der Waals surface area (Å²) in [6.45, 7) is 2.30. The molecule has 0 saturated heterocycles. The summed E-state index contributed by atoms with van der Waals surface area (Å²) in [5, 5.41) is 3.31. The molecule has 3 aromatic rings. The molecule has 0 aliphatic heterocycles. The maximum Gasteiger partial charge on any atom is 0.145 e. The molecule has 0 atom stereocenters. The number of ether oxygens (including phenoxy) is 1. The Hall–Kier alpha value is -2.66. The molecule has 5 nitrogen and oxygen atoms in total. The Bertz CT molecular complexity index is 787. The number of nitrogens with zero attached hydrogens (tertiary/aromatic N) is 3. The highest BCUT2D eigenvalue weighted by Crippen LogP contribution is 2.15. The summed E-state index contributed by atoms with van der Waals surface area (Å²) in [5.41, 5.74) is 2.97. The van der Waals surface area contributed by atoms with E-state index in [2.05, 4.69) is 32.3 Å². The number of hydrogen-bond acceptors (Lipinski definition) is 5. The molecule has 2 aromatic carbocycles. The summed E-state index contributed by atoms with van der Waals surface area (Å²) in [4.78, 5) is 11.1. The van der Waals surface area contributed by atoms with E-state index in [-0.39, 0.29) is 0 Å². The molecule has 0 amide bonds. The van der Waals surface area contributed by atoms with Crippen molar-refractivity contribution in [2.45, 2.75) is 6.54 Å². The van der Waals surface area contributed by atoms with Gasteiger partial charge in [-0.25, -0.2) is 4.98 Å². The van der Waals surface area contributed by atoms with E-state index in [1.807, 2.05) is 50.5 Å². The van der Waals surface area contributed by atoms with E-state index in [4.69, 9.17) is 4.74 Å². The van der Waals surface area contributed by atoms with E-state index < -0.39 is 0 Å². The van der Waals surface area contributed by atoms with Crippen LogP contribution in [0.1, 0.15) is 5.56 Å². The van der Waals surface area contributed by atoms with E-state index >= 15 is 0 Å². The standard InChI is InChI=1S/C19H22N4O/c1-23(2)11-12-24-16-9-7-15(8-10-16)13-21-19-14-20-17-5-3-4-6-18(17)22-19/h3-10,14H,11-13H2,1-2H3,(H,21,22). The van der Waals surface area contributed by atoms with E-state index in [0.29, 0.717) is 13.2 Å². The molecule has 1 heterocycles. The molecule has 0 saturated carbocycles. The second-order valence-electron chi connectivity index (χ2n) is 5.89. The van der Waals surface area contributed by atoms with Gasteiger partial charge in [0.05, 0.1) is 17.2 Å². The second kappa shape index (κ2) is 7.75. The first-order valence-electron chi connectivity index (χ1n) is 8.03. The van der Waals surface area contributed by atoms with Crippen LogP contribution in [0.25, 0.3) is 11.0 Å². The molecule has 0 aliphatic rings. The monoisotopic (exact) mass is 322 g/mol. The van der Waals surface area contributed by atoms with Crippen LogP contribution in [0.2, 0.25) is 0 Å². The van der Waals surface area contributed by atoms with Gasteiger partial charge in [-0.15, -0.1) is 0 Å². The lowest BCUT2D eigenvalue weighted by Crippen LogP contribution is -2.19. The van der Waals surface area contributed by atoms with Crippen LogP contribution >= 0.6 is 0 Å². The molecule has 0 fully saturated rings. The number of fused-ring (bicyclic) bond motifs is 1. The van der Waals surface area contributed by atoms with Gasteiger partial charge in [-0.3, -0.25) is 4.98 Å². The van der Waals surface area contributed by atoms with Crippen molar-refractivity contribution in [1.29, 1.82) is 0 Å². The molecule has 5 heteroatoms. The van der Waals surface area contributed by atoms with Crippen molar-refractivity contribution in [3.8, 4) is 5.75 Å². The minimum Gasteiger partial charge on any atom is -0.492 e. The Balaban J connectivity index is 1.55. The molecule has 24 heavy (non-hydrogen) atoms. The minimum atomic E-state index is 0.692. The van der Waals surface area contributed by atoms with Crippen LogP contribution in [0.4, 0.5) is 5.82 Å². The van der Waals surface area contributed by atoms with Gasteiger partial charge < -0.3 is 15.0 Å². The number of rotatable bonds is 7. The highest BCUT2D eigenvalue weighted by molar-refractivity contribution is 5.75. The maximum absolute atomic E-state index is 5.70. The summed E-state index contributed by atoms with van der Waals surface area (Å²) in [7, 11) is 4.07. The van der Waals surface area contributed by atoms with Gasteiger partial charge in [-0.2, -0.15) is 0 Å². The van der Waals surface area contributed by atoms with E-state index in [0.717, 1.165) is 29.1 Å². The minimum absolute atomic E-state index is 0.692. The fourth-order valence-electron chi connectivity index (χ4n) is 2.28. The second-order valence-corrected chi connectivity index (χ2v) is 5.89. The number of nitrogens with one attached hydrogen (secondary N) is 1. The van der Waals surface area contributed by atoms with Crippen molar-refractivity contribution < 1.29 is 4.74 Å². The van der Waals surface area contributed by atoms with Gasteiger partial charge in [-0.05, 0) is 43.9 Å². The molecule has 0 spiro atoms. The highest BCUT2D eigenvalue weighted by atomic mass is 16.5. The molecule has 3 rings (SSSR count). The number of para-hydroxylation sites is 2. The normalized spacial score (nSPS) is 11.0. The first kappa shape index (κ1) is 16.2. The Labute approximate surface area is 142 Å². The van der Waals surface area contributed by atoms with Gasteiger partial charge in [0.2, 0.25) is 0 Å². The molecule has 0 aliphatic carbocycles. The van der Waals surface area contributed by atoms with Crippen LogP contribution in [0.3, 0.4) is 0 Å². The number of benzene rings is 2. The predicted molar refractivity (Wildman–Crippen MR) is 97.4 cm³/mol. The van der Waals surface area contributed by atoms with Gasteiger partial charge >= 0.3 is 0 Å². The SMILES string of the molecule is CN(C)CCOc1ccc(CNc2cnc3ccccc3n2)cc1. The first-order chi connectivity index (χ1) is 11.7. The average molecular weight is 322 g/mol. The van der Waals surface area contributed by atoms with E-state index in [1.165, 1.54) is 5.56 Å². The summed E-state index contributed by atoms with van der Waals surface area (Å²) < 4.78 is 5.70. The zero-order valence-electron chi connectivity index (χ0n) is 14.1. The van der Waals surface area contributed by atoms with Crippen LogP contribution in [-0.2, 0) is 6.54 Å². The largest absolute Gasteiger partial charge is 0.492 e. The lowest BCUT2D eigenvalue weighted by atomic mass is 10.2. The fraction of sp³-hybridized carbons (Fsp3) is 0.263. The molecule has 124 valence electrons. The summed E-state index contributed by atoms with van der Waals surface area (Å²) in [6, 6.07) is 16.0. The molecule has 1 aromatic heterocycles. The molecule has 0 bridgehead atoms. The highest BCUT2D eigenvalue weighted by Gasteiger charge is 2.00. The van der Waals surface area contributed by atoms with Gasteiger partial charge in [0.1, 0.15) is 18.2 Å². The van der Waals surface area contributed by atoms with Crippen molar-refractivity contribution in [3.63, 3.8) is 0 Å². The molecule has 0 unspecified atom stereocenters. The van der Waals surface area contributed by atoms with E-state index in [9.17, 15) is 0 Å². The Morgan fingerprint density at radius 3 is 2.50 bits per heavy atom. The Kier molecular flexibility index (Phi) is 5.23. The van der Waals surface area contributed by atoms with Gasteiger partial charge in [-0.1, -0.05) is 24.3 Å². The zero-order valence-corrected chi connectivity index (χ0v) is 14.1. The van der Waals surface area contributed by atoms with Gasteiger partial charge in [0, 0.05) is 13.1 Å². The third-order valence-corrected chi connectivity index (χ3v) is 3.65. The van der Waals surface area contributed by atoms with Crippen molar-refractivity contribution in [1.82, 2.24) is 14.9 Å². The van der Waals surface area contributed by atoms with Crippen LogP contribution in [0.5, 0.6) is 5.75 Å². The van der Waals surface area contributed by atoms with E-state index in [1.54, 1.807) is 6.20 Å². The number of likely N-dealkylation sites (N-methyl/N-ethyl adjacent to an activating group) is 1. The first-order valence-corrected chi connectivity index (χ1v) is 8.03. The van der Waals surface area contributed by atoms with Crippen molar-refractivity contribution in [2.24, 2.45) is 0 Å². The van der Waals surface area contributed by atoms with Crippen molar-refractivity contribution >= 4 is 16.9 Å². The molecular formula is C19H22N4O. The van der Waals surface area contributed by atoms with Crippen LogP contribution in [0, 0.1) is 0 Å². The summed E-state index contributed by atoms with van der Waals surface area (Å²) in [5.74, 6) is 1.67. The van der Waals surface area contributed by atoms with Crippen LogP contribution in [-0.4, -0.2) is 42.1 Å². The molecule has 1 N–H and O–H groups in total. The van der Waals surface area contributed by atoms with Gasteiger partial charge in [0.15, 0.2) is 0 Å². The number of aromatic nitrogens is 2. The third-order valence-electron chi connectivity index (χ3n) is 3.65. The third kappa shape index (κ3) is 4.43. The number of anilines is 1. The van der Waals surface area contributed by atoms with Gasteiger partial charge in [0.25, 0.3) is 0 Å².